The molecule has 1 fully saturated rings. The molecule has 1 saturated carbocycles. The van der Waals surface area contributed by atoms with Crippen LogP contribution in [0.15, 0.2) is 33.7 Å². The van der Waals surface area contributed by atoms with Crippen molar-refractivity contribution in [2.75, 3.05) is 0 Å². The number of esters is 1. The van der Waals surface area contributed by atoms with E-state index < -0.39 is 15.7 Å². The average Bonchev–Trinajstić information content (AvgIpc) is 3.26. The summed E-state index contributed by atoms with van der Waals surface area (Å²) in [6.45, 7) is 7.18. The molecule has 9 heteroatoms. The van der Waals surface area contributed by atoms with E-state index in [1.165, 1.54) is 44.2 Å². The molecule has 1 aromatic carbocycles. The van der Waals surface area contributed by atoms with E-state index in [9.17, 15) is 13.2 Å². The molecule has 0 saturated heterocycles. The molecule has 0 amide bonds. The van der Waals surface area contributed by atoms with Crippen LogP contribution in [0, 0.1) is 12.8 Å². The number of ether oxygens (including phenoxy) is 1. The number of hydrogen-bond donors (Lipinski definition) is 0. The van der Waals surface area contributed by atoms with Crippen LogP contribution < -0.4 is 0 Å². The molecule has 2 aromatic rings. The van der Waals surface area contributed by atoms with Crippen LogP contribution in [0.4, 0.5) is 0 Å². The van der Waals surface area contributed by atoms with Crippen molar-refractivity contribution in [2.45, 2.75) is 109 Å². The number of aryl methyl sites for hydroxylation is 1. The highest BCUT2D eigenvalue weighted by molar-refractivity contribution is 7.86. The van der Waals surface area contributed by atoms with Gasteiger partial charge in [-0.25, -0.2) is 0 Å². The van der Waals surface area contributed by atoms with Crippen molar-refractivity contribution in [1.29, 1.82) is 0 Å². The molecular formula is C26H39N2O6S+. The van der Waals surface area contributed by atoms with Crippen LogP contribution in [0.1, 0.15) is 102 Å². The number of hydrogen-bond acceptors (Lipinski definition) is 7. The Morgan fingerprint density at radius 3 is 2.51 bits per heavy atom. The lowest BCUT2D eigenvalue weighted by Gasteiger charge is -2.23. The van der Waals surface area contributed by atoms with E-state index in [4.69, 9.17) is 9.26 Å². The van der Waals surface area contributed by atoms with Gasteiger partial charge >= 0.3 is 16.1 Å². The third-order valence-electron chi connectivity index (χ3n) is 6.25. The van der Waals surface area contributed by atoms with Crippen LogP contribution in [0.2, 0.25) is 0 Å². The first-order valence-electron chi connectivity index (χ1n) is 12.6. The maximum Gasteiger partial charge on any atom is 0.410 e. The molecule has 1 aliphatic rings. The summed E-state index contributed by atoms with van der Waals surface area (Å²) < 4.78 is 39.8. The fourth-order valence-corrected chi connectivity index (χ4v) is 5.37. The van der Waals surface area contributed by atoms with Crippen molar-refractivity contribution in [3.63, 3.8) is 0 Å². The van der Waals surface area contributed by atoms with Crippen LogP contribution in [-0.4, -0.2) is 34.3 Å². The smallest absolute Gasteiger partial charge is 0.410 e. The minimum Gasteiger partial charge on any atom is -0.460 e. The van der Waals surface area contributed by atoms with Crippen LogP contribution >= 0.6 is 0 Å². The fraction of sp³-hybridized carbons (Fsp3) is 0.654. The van der Waals surface area contributed by atoms with Gasteiger partial charge in [-0.05, 0) is 52.2 Å². The zero-order chi connectivity index (χ0) is 25.5. The quantitative estimate of drug-likeness (QED) is 0.174. The summed E-state index contributed by atoms with van der Waals surface area (Å²) in [4.78, 5) is 17.1. The predicted molar refractivity (Wildman–Crippen MR) is 132 cm³/mol. The Labute approximate surface area is 208 Å². The second-order valence-corrected chi connectivity index (χ2v) is 12.2. The summed E-state index contributed by atoms with van der Waals surface area (Å²) in [5.74, 6) is 0.666. The summed E-state index contributed by atoms with van der Waals surface area (Å²) in [6, 6.07) is 6.50. The molecular weight excluding hydrogens is 468 g/mol. The molecule has 3 rings (SSSR count). The van der Waals surface area contributed by atoms with Gasteiger partial charge in [0.15, 0.2) is 0 Å². The molecule has 8 nitrogen and oxygen atoms in total. The van der Waals surface area contributed by atoms with E-state index >= 15 is 0 Å². The van der Waals surface area contributed by atoms with Crippen LogP contribution in [0.5, 0.6) is 0 Å². The first-order chi connectivity index (χ1) is 16.5. The molecule has 1 N–H and O–H groups in total. The van der Waals surface area contributed by atoms with E-state index in [2.05, 4.69) is 14.3 Å². The van der Waals surface area contributed by atoms with Crippen LogP contribution in [0.3, 0.4) is 0 Å². The lowest BCUT2D eigenvalue weighted by molar-refractivity contribution is -0.155. The van der Waals surface area contributed by atoms with Gasteiger partial charge in [-0.3, -0.25) is 4.79 Å². The molecule has 1 aliphatic carbocycles. The Morgan fingerprint density at radius 2 is 1.86 bits per heavy atom. The number of aromatic nitrogens is 2. The third-order valence-corrected chi connectivity index (χ3v) is 7.59. The molecule has 0 radical (unpaired) electrons. The van der Waals surface area contributed by atoms with Gasteiger partial charge in [-0.15, -0.1) is 8.42 Å². The summed E-state index contributed by atoms with van der Waals surface area (Å²) in [5, 5.41) is 3.93. The number of carbonyl (C=O) groups excluding carboxylic acids is 1. The summed E-state index contributed by atoms with van der Waals surface area (Å²) in [6.07, 6.45) is 9.43. The Morgan fingerprint density at radius 1 is 1.17 bits per heavy atom. The molecule has 1 aromatic heterocycles. The molecule has 35 heavy (non-hydrogen) atoms. The molecule has 194 valence electrons. The van der Waals surface area contributed by atoms with Gasteiger partial charge in [0.25, 0.3) is 0 Å². The van der Waals surface area contributed by atoms with Crippen molar-refractivity contribution in [2.24, 2.45) is 5.92 Å². The van der Waals surface area contributed by atoms with Crippen molar-refractivity contribution in [1.82, 2.24) is 10.1 Å². The molecule has 1 atom stereocenters. The fourth-order valence-electron chi connectivity index (χ4n) is 4.45. The van der Waals surface area contributed by atoms with Gasteiger partial charge in [-0.1, -0.05) is 67.8 Å². The van der Waals surface area contributed by atoms with Gasteiger partial charge < -0.3 is 13.4 Å². The summed E-state index contributed by atoms with van der Waals surface area (Å²) in [7, 11) is -3.82. The molecule has 0 aliphatic heterocycles. The highest BCUT2D eigenvalue weighted by Gasteiger charge is 2.28. The molecule has 1 heterocycles. The van der Waals surface area contributed by atoms with Crippen molar-refractivity contribution < 1.29 is 26.7 Å². The summed E-state index contributed by atoms with van der Waals surface area (Å²) >= 11 is 0. The number of carbonyl (C=O) groups is 1. The van der Waals surface area contributed by atoms with E-state index in [1.54, 1.807) is 12.1 Å². The monoisotopic (exact) mass is 507 g/mol. The molecule has 0 unspecified atom stereocenters. The Balaban J connectivity index is 1.63. The van der Waals surface area contributed by atoms with E-state index in [0.717, 1.165) is 30.7 Å². The standard InChI is InChI=1S/C26H38N2O6S/c1-19-13-15-22(16-14-19)35(30,31)32-18-23-27-25(34-28-23)21(17-24(29)33-26(2,3)4)12-8-11-20-9-6-5-7-10-20/h13-16,20-21H,5-12,17-18H2,1-4H3/p+1/t21-/m1/s1. The lowest BCUT2D eigenvalue weighted by atomic mass is 9.84. The molecule has 0 spiro atoms. The topological polar surface area (TPSA) is 112 Å². The lowest BCUT2D eigenvalue weighted by Crippen LogP contribution is -2.25. The average molecular weight is 508 g/mol. The van der Waals surface area contributed by atoms with Crippen molar-refractivity contribution in [3.05, 3.63) is 41.5 Å². The zero-order valence-electron chi connectivity index (χ0n) is 21.3. The number of aliphatic hydroxyl groups is 1. The van der Waals surface area contributed by atoms with E-state index in [1.807, 2.05) is 27.7 Å². The maximum absolute atomic E-state index is 12.5. The first kappa shape index (κ1) is 27.3. The Hall–Kier alpha value is -2.26. The predicted octanol–water partition coefficient (Wildman–Crippen LogP) is 5.36. The van der Waals surface area contributed by atoms with Gasteiger partial charge in [0.2, 0.25) is 18.3 Å². The third kappa shape index (κ3) is 9.04. The van der Waals surface area contributed by atoms with Gasteiger partial charge in [0, 0.05) is 5.92 Å². The largest absolute Gasteiger partial charge is 0.460 e. The second kappa shape index (κ2) is 12.1. The number of nitrogens with zero attached hydrogens (tertiary/aromatic N) is 2. The minimum atomic E-state index is -3.82. The Kier molecular flexibility index (Phi) is 9.47. The van der Waals surface area contributed by atoms with Gasteiger partial charge in [0.1, 0.15) is 10.5 Å². The van der Waals surface area contributed by atoms with Crippen molar-refractivity contribution >= 4 is 16.1 Å². The minimum absolute atomic E-state index is 0.123. The zero-order valence-corrected chi connectivity index (χ0v) is 22.1. The van der Waals surface area contributed by atoms with E-state index in [0.29, 0.717) is 5.89 Å². The normalized spacial score (nSPS) is 16.2. The number of rotatable bonds is 11. The highest BCUT2D eigenvalue weighted by Crippen LogP contribution is 2.31. The SMILES string of the molecule is Cc1ccc(S(=O)(=O)[OH+]Cc2noc([C@H](CCCC3CCCCC3)CC(=O)OC(C)(C)C)n2)cc1. The van der Waals surface area contributed by atoms with Gasteiger partial charge in [-0.2, -0.15) is 4.98 Å². The second-order valence-electron chi connectivity index (χ2n) is 10.5. The van der Waals surface area contributed by atoms with Gasteiger partial charge in [0.05, 0.1) is 6.42 Å². The van der Waals surface area contributed by atoms with E-state index in [-0.39, 0.29) is 35.6 Å². The molecule has 0 bridgehead atoms. The van der Waals surface area contributed by atoms with Crippen LogP contribution in [0.25, 0.3) is 0 Å². The van der Waals surface area contributed by atoms with Crippen LogP contribution in [-0.2, 0) is 26.3 Å². The first-order valence-corrected chi connectivity index (χ1v) is 14.0. The summed E-state index contributed by atoms with van der Waals surface area (Å²) in [5.41, 5.74) is 0.388. The number of benzene rings is 1. The Bertz CT molecular complexity index is 1050. The maximum atomic E-state index is 12.5. The highest BCUT2D eigenvalue weighted by atomic mass is 32.2. The van der Waals surface area contributed by atoms with Crippen molar-refractivity contribution in [3.8, 4) is 0 Å².